The Bertz CT molecular complexity index is 328. The highest BCUT2D eigenvalue weighted by Crippen LogP contribution is 2.00. The number of urea groups is 2. The molecule has 0 rings (SSSR count). The van der Waals surface area contributed by atoms with E-state index in [0.717, 1.165) is 4.43 Å². The summed E-state index contributed by atoms with van der Waals surface area (Å²) < 4.78 is 0.811. The van der Waals surface area contributed by atoms with Crippen molar-refractivity contribution in [2.75, 3.05) is 17.2 Å². The van der Waals surface area contributed by atoms with E-state index in [1.54, 1.807) is 6.26 Å². The molecule has 0 aromatic carbocycles. The first-order chi connectivity index (χ1) is 8.28. The Hall–Kier alpha value is -0.510. The molecule has 0 saturated carbocycles. The quantitative estimate of drug-likeness (QED) is 0.294. The summed E-state index contributed by atoms with van der Waals surface area (Å²) in [7, 11) is 0. The normalized spacial score (nSPS) is 11.9. The van der Waals surface area contributed by atoms with Gasteiger partial charge < -0.3 is 10.6 Å². The van der Waals surface area contributed by atoms with Gasteiger partial charge in [-0.3, -0.25) is 5.32 Å². The zero-order valence-corrected chi connectivity index (χ0v) is 13.9. The van der Waals surface area contributed by atoms with Crippen LogP contribution in [0, 0.1) is 0 Å². The van der Waals surface area contributed by atoms with Crippen LogP contribution in [0.25, 0.3) is 0 Å². The van der Waals surface area contributed by atoms with E-state index in [-0.39, 0.29) is 16.7 Å². The zero-order chi connectivity index (χ0) is 14.2. The standard InChI is InChI=1S/C10H19IN4O2S/c1-10(2,3)15-8(17)14-9(18-4)13-7(16)12-6-5-11/h5-6H2,1-4H3,(H3,12,13,14,15,16,17). The lowest BCUT2D eigenvalue weighted by atomic mass is 10.1. The highest BCUT2D eigenvalue weighted by Gasteiger charge is 2.15. The van der Waals surface area contributed by atoms with E-state index in [2.05, 4.69) is 43.5 Å². The molecule has 18 heavy (non-hydrogen) atoms. The van der Waals surface area contributed by atoms with Gasteiger partial charge in [-0.25, -0.2) is 9.59 Å². The highest BCUT2D eigenvalue weighted by molar-refractivity contribution is 14.1. The van der Waals surface area contributed by atoms with E-state index in [9.17, 15) is 9.59 Å². The maximum atomic E-state index is 11.6. The molecule has 0 unspecified atom stereocenters. The zero-order valence-electron chi connectivity index (χ0n) is 11.0. The first-order valence-corrected chi connectivity index (χ1v) is 8.09. The Labute approximate surface area is 125 Å². The third kappa shape index (κ3) is 9.51. The van der Waals surface area contributed by atoms with Crippen LogP contribution in [0.4, 0.5) is 9.59 Å². The number of thioether (sulfide) groups is 1. The van der Waals surface area contributed by atoms with E-state index in [1.807, 2.05) is 20.8 Å². The highest BCUT2D eigenvalue weighted by atomic mass is 127. The van der Waals surface area contributed by atoms with Gasteiger partial charge in [0.2, 0.25) is 0 Å². The van der Waals surface area contributed by atoms with Crippen molar-refractivity contribution in [1.29, 1.82) is 0 Å². The Kier molecular flexibility index (Phi) is 8.32. The SMILES string of the molecule is CSC(=NC(=O)NCCI)NC(=O)NC(C)(C)C. The molecule has 8 heteroatoms. The number of hydrogen-bond acceptors (Lipinski definition) is 3. The van der Waals surface area contributed by atoms with Crippen LogP contribution >= 0.6 is 34.4 Å². The molecule has 0 bridgehead atoms. The van der Waals surface area contributed by atoms with E-state index in [0.29, 0.717) is 6.54 Å². The molecule has 0 aliphatic heterocycles. The fourth-order valence-corrected chi connectivity index (χ4v) is 1.52. The number of nitrogens with zero attached hydrogens (tertiary/aromatic N) is 1. The monoisotopic (exact) mass is 386 g/mol. The van der Waals surface area contributed by atoms with Crippen LogP contribution in [-0.4, -0.2) is 40.0 Å². The molecular formula is C10H19IN4O2S. The number of amides is 4. The number of carbonyl (C=O) groups excluding carboxylic acids is 2. The summed E-state index contributed by atoms with van der Waals surface area (Å²) in [6.07, 6.45) is 1.74. The Morgan fingerprint density at radius 2 is 1.94 bits per heavy atom. The first kappa shape index (κ1) is 17.5. The van der Waals surface area contributed by atoms with Crippen molar-refractivity contribution < 1.29 is 9.59 Å². The molecule has 4 amide bonds. The van der Waals surface area contributed by atoms with Gasteiger partial charge in [0.25, 0.3) is 0 Å². The molecule has 3 N–H and O–H groups in total. The molecule has 0 aromatic rings. The van der Waals surface area contributed by atoms with Crippen molar-refractivity contribution >= 4 is 51.6 Å². The average Bonchev–Trinajstić information content (AvgIpc) is 2.22. The third-order valence-corrected chi connectivity index (χ3v) is 2.60. The van der Waals surface area contributed by atoms with Crippen molar-refractivity contribution in [1.82, 2.24) is 16.0 Å². The average molecular weight is 386 g/mol. The first-order valence-electron chi connectivity index (χ1n) is 5.34. The van der Waals surface area contributed by atoms with Gasteiger partial charge in [-0.15, -0.1) is 0 Å². The summed E-state index contributed by atoms with van der Waals surface area (Å²) in [5.41, 5.74) is -0.336. The second-order valence-corrected chi connectivity index (χ2v) is 6.24. The van der Waals surface area contributed by atoms with Crippen LogP contribution in [0.1, 0.15) is 20.8 Å². The molecule has 0 saturated heterocycles. The molecule has 0 atom stereocenters. The van der Waals surface area contributed by atoms with Gasteiger partial charge in [0.15, 0.2) is 5.17 Å². The topological polar surface area (TPSA) is 82.6 Å². The molecule has 0 aromatic heterocycles. The summed E-state index contributed by atoms with van der Waals surface area (Å²) in [6.45, 7) is 6.17. The van der Waals surface area contributed by atoms with Crippen molar-refractivity contribution in [2.24, 2.45) is 4.99 Å². The second kappa shape index (κ2) is 8.57. The lowest BCUT2D eigenvalue weighted by Crippen LogP contribution is -2.47. The number of hydrogen-bond donors (Lipinski definition) is 3. The fourth-order valence-electron chi connectivity index (χ4n) is 0.880. The number of aliphatic imine (C=N–C) groups is 1. The van der Waals surface area contributed by atoms with E-state index in [4.69, 9.17) is 0 Å². The molecule has 0 heterocycles. The number of carbonyl (C=O) groups is 2. The number of halogens is 1. The molecule has 0 spiro atoms. The molecule has 0 aliphatic rings. The van der Waals surface area contributed by atoms with Gasteiger partial charge in [0.1, 0.15) is 0 Å². The van der Waals surface area contributed by atoms with E-state index in [1.165, 1.54) is 11.8 Å². The number of nitrogens with one attached hydrogen (secondary N) is 3. The van der Waals surface area contributed by atoms with E-state index >= 15 is 0 Å². The Morgan fingerprint density at radius 3 is 2.39 bits per heavy atom. The molecular weight excluding hydrogens is 367 g/mol. The predicted octanol–water partition coefficient (Wildman–Crippen LogP) is 1.95. The predicted molar refractivity (Wildman–Crippen MR) is 84.7 cm³/mol. The molecule has 0 fully saturated rings. The van der Waals surface area contributed by atoms with Gasteiger partial charge in [0, 0.05) is 16.5 Å². The second-order valence-electron chi connectivity index (χ2n) is 4.37. The smallest absolute Gasteiger partial charge is 0.335 e. The van der Waals surface area contributed by atoms with Crippen LogP contribution in [0.3, 0.4) is 0 Å². The van der Waals surface area contributed by atoms with Crippen molar-refractivity contribution in [3.63, 3.8) is 0 Å². The Morgan fingerprint density at radius 1 is 1.33 bits per heavy atom. The third-order valence-electron chi connectivity index (χ3n) is 1.48. The van der Waals surface area contributed by atoms with Crippen LogP contribution in [0.15, 0.2) is 4.99 Å². The molecule has 0 aliphatic carbocycles. The van der Waals surface area contributed by atoms with Crippen LogP contribution < -0.4 is 16.0 Å². The minimum absolute atomic E-state index is 0.266. The van der Waals surface area contributed by atoms with Crippen molar-refractivity contribution in [2.45, 2.75) is 26.3 Å². The molecule has 0 radical (unpaired) electrons. The van der Waals surface area contributed by atoms with Gasteiger partial charge >= 0.3 is 12.1 Å². The van der Waals surface area contributed by atoms with E-state index < -0.39 is 6.03 Å². The van der Waals surface area contributed by atoms with Gasteiger partial charge in [-0.2, -0.15) is 4.99 Å². The summed E-state index contributed by atoms with van der Waals surface area (Å²) in [5.74, 6) is 0. The minimum Gasteiger partial charge on any atom is -0.335 e. The van der Waals surface area contributed by atoms with Crippen LogP contribution in [0.2, 0.25) is 0 Å². The fraction of sp³-hybridized carbons (Fsp3) is 0.700. The number of amidine groups is 1. The maximum absolute atomic E-state index is 11.6. The largest absolute Gasteiger partial charge is 0.343 e. The maximum Gasteiger partial charge on any atom is 0.343 e. The number of alkyl halides is 1. The lowest BCUT2D eigenvalue weighted by Gasteiger charge is -2.20. The Balaban J connectivity index is 4.37. The van der Waals surface area contributed by atoms with Crippen molar-refractivity contribution in [3.8, 4) is 0 Å². The summed E-state index contributed by atoms with van der Waals surface area (Å²) in [6, 6.07) is -0.829. The molecule has 104 valence electrons. The van der Waals surface area contributed by atoms with Gasteiger partial charge in [0.05, 0.1) is 0 Å². The minimum atomic E-state index is -0.452. The summed E-state index contributed by atoms with van der Waals surface area (Å²) in [5, 5.41) is 8.12. The van der Waals surface area contributed by atoms with Gasteiger partial charge in [-0.05, 0) is 27.0 Å². The van der Waals surface area contributed by atoms with Crippen LogP contribution in [-0.2, 0) is 0 Å². The van der Waals surface area contributed by atoms with Gasteiger partial charge in [-0.1, -0.05) is 34.4 Å². The summed E-state index contributed by atoms with van der Waals surface area (Å²) in [4.78, 5) is 26.7. The van der Waals surface area contributed by atoms with Crippen LogP contribution in [0.5, 0.6) is 0 Å². The van der Waals surface area contributed by atoms with Crippen molar-refractivity contribution in [3.05, 3.63) is 0 Å². The summed E-state index contributed by atoms with van der Waals surface area (Å²) >= 11 is 3.35. The molecule has 6 nitrogen and oxygen atoms in total. The lowest BCUT2D eigenvalue weighted by molar-refractivity contribution is 0.237. The number of rotatable bonds is 2.